The number of hydrogen-bond acceptors (Lipinski definition) is 12. The van der Waals surface area contributed by atoms with Crippen LogP contribution in [0, 0.1) is 11.8 Å². The second kappa shape index (κ2) is 14.3. The third kappa shape index (κ3) is 6.59. The fourth-order valence-electron chi connectivity index (χ4n) is 11.3. The fourth-order valence-corrected chi connectivity index (χ4v) is 11.3. The van der Waals surface area contributed by atoms with E-state index in [1.54, 1.807) is 7.11 Å². The van der Waals surface area contributed by atoms with Gasteiger partial charge in [-0.1, -0.05) is 20.1 Å². The smallest absolute Gasteiger partial charge is 0.172 e. The second-order valence-corrected chi connectivity index (χ2v) is 17.4. The summed E-state index contributed by atoms with van der Waals surface area (Å²) in [6, 6.07) is 0. The van der Waals surface area contributed by atoms with Gasteiger partial charge in [0.2, 0.25) is 0 Å². The van der Waals surface area contributed by atoms with Gasteiger partial charge in [0.05, 0.1) is 67.1 Å². The molecular formula is C40H59NO11. The van der Waals surface area contributed by atoms with Crippen LogP contribution >= 0.6 is 0 Å². The van der Waals surface area contributed by atoms with Gasteiger partial charge in [0, 0.05) is 58.1 Å². The summed E-state index contributed by atoms with van der Waals surface area (Å²) >= 11 is 0. The Labute approximate surface area is 307 Å². The van der Waals surface area contributed by atoms with Crippen LogP contribution in [0.15, 0.2) is 24.3 Å². The molecule has 0 amide bonds. The molecule has 10 saturated heterocycles. The third-order valence-electron chi connectivity index (χ3n) is 14.0. The molecule has 6 unspecified atom stereocenters. The maximum Gasteiger partial charge on any atom is 0.172 e. The number of ether oxygens (including phenoxy) is 9. The lowest BCUT2D eigenvalue weighted by molar-refractivity contribution is -0.292. The van der Waals surface area contributed by atoms with E-state index >= 15 is 0 Å². The Balaban J connectivity index is 0.994. The molecule has 12 bridgehead atoms. The van der Waals surface area contributed by atoms with Crippen LogP contribution < -0.4 is 5.73 Å². The van der Waals surface area contributed by atoms with Gasteiger partial charge in [0.25, 0.3) is 0 Å². The summed E-state index contributed by atoms with van der Waals surface area (Å²) in [5, 5.41) is 10.5. The average molecular weight is 730 g/mol. The number of fused-ring (bicyclic) bond motifs is 6. The largest absolute Gasteiger partial charge is 0.392 e. The van der Waals surface area contributed by atoms with E-state index < -0.39 is 18.0 Å². The maximum absolute atomic E-state index is 14.1. The molecule has 0 radical (unpaired) electrons. The number of ketones is 1. The molecule has 10 fully saturated rings. The van der Waals surface area contributed by atoms with Crippen LogP contribution in [0.25, 0.3) is 0 Å². The molecule has 0 aromatic carbocycles. The molecule has 12 heteroatoms. The summed E-state index contributed by atoms with van der Waals surface area (Å²) in [5.41, 5.74) is 8.01. The predicted molar refractivity (Wildman–Crippen MR) is 186 cm³/mol. The Morgan fingerprint density at radius 2 is 1.56 bits per heavy atom. The van der Waals surface area contributed by atoms with Crippen LogP contribution in [0.2, 0.25) is 0 Å². The van der Waals surface area contributed by atoms with Gasteiger partial charge in [0.15, 0.2) is 5.79 Å². The van der Waals surface area contributed by atoms with Gasteiger partial charge in [-0.2, -0.15) is 0 Å². The zero-order valence-electron chi connectivity index (χ0n) is 30.8. The van der Waals surface area contributed by atoms with Crippen molar-refractivity contribution in [1.82, 2.24) is 0 Å². The van der Waals surface area contributed by atoms with Crippen molar-refractivity contribution in [2.75, 3.05) is 13.7 Å². The molecule has 10 aliphatic heterocycles. The average Bonchev–Trinajstić information content (AvgIpc) is 3.79. The molecule has 19 atom stereocenters. The number of aliphatic hydroxyl groups is 1. The minimum Gasteiger partial charge on any atom is -0.392 e. The minimum atomic E-state index is -0.780. The van der Waals surface area contributed by atoms with Gasteiger partial charge in [-0.15, -0.1) is 0 Å². The number of methoxy groups -OCH3 is 1. The van der Waals surface area contributed by atoms with Crippen molar-refractivity contribution in [2.24, 2.45) is 17.6 Å². The van der Waals surface area contributed by atoms with Gasteiger partial charge in [-0.3, -0.25) is 4.79 Å². The van der Waals surface area contributed by atoms with E-state index in [4.69, 9.17) is 48.4 Å². The van der Waals surface area contributed by atoms with Gasteiger partial charge < -0.3 is 53.5 Å². The van der Waals surface area contributed by atoms with Crippen LogP contribution in [0.5, 0.6) is 0 Å². The maximum atomic E-state index is 14.1. The van der Waals surface area contributed by atoms with Crippen LogP contribution in [0.1, 0.15) is 90.4 Å². The Bertz CT molecular complexity index is 1380. The molecule has 10 rings (SSSR count). The van der Waals surface area contributed by atoms with E-state index in [1.165, 1.54) is 0 Å². The second-order valence-electron chi connectivity index (χ2n) is 17.4. The molecule has 0 aromatic heterocycles. The SMILES string of the molecule is C=C1C[C@@H]2CC[C@@]34C[C@@H]5O[C@H]6[C@@H](O3)C3OC(CCC3O[C@H]6C5O4)CC(=O)C[C@@H]3[C@@H](OC)[C@@H](C[C@H](O)CN)O[C@H]3CC3O[C@@H](CCC1O2)C[C@@H](C)C3=C. The number of nitrogens with two attached hydrogens (primary N) is 1. The van der Waals surface area contributed by atoms with Crippen molar-refractivity contribution in [3.63, 3.8) is 0 Å². The van der Waals surface area contributed by atoms with Gasteiger partial charge in [-0.25, -0.2) is 0 Å². The first-order valence-electron chi connectivity index (χ1n) is 20.2. The van der Waals surface area contributed by atoms with E-state index in [2.05, 4.69) is 20.1 Å². The number of Topliss-reactive ketones (excluding diaryl/α,β-unsaturated/α-hetero) is 1. The van der Waals surface area contributed by atoms with Crippen LogP contribution in [-0.4, -0.2) is 128 Å². The molecule has 290 valence electrons. The quantitative estimate of drug-likeness (QED) is 0.409. The minimum absolute atomic E-state index is 0.0158. The number of carbonyl (C=O) groups excluding carboxylic acids is 1. The molecule has 10 heterocycles. The molecule has 0 saturated carbocycles. The first kappa shape index (κ1) is 36.4. The van der Waals surface area contributed by atoms with Crippen LogP contribution in [-0.2, 0) is 47.4 Å². The number of carbonyl (C=O) groups is 1. The fraction of sp³-hybridized carbons (Fsp3) is 0.875. The molecule has 12 nitrogen and oxygen atoms in total. The van der Waals surface area contributed by atoms with Crippen molar-refractivity contribution in [3.05, 3.63) is 24.3 Å². The standard InChI is InChI=1S/C40H59NO11/c1-19-11-24-5-7-28-20(2)12-26(45-28)9-10-40-17-33-36(51-40)37-38(50-33)39(52-40)35-29(49-37)8-6-25(47-35)13-22(42)14-27-31(16-30(46-24)21(19)3)48-32(34(27)44-4)15-23(43)18-41/h19,23-39,43H,2-3,5-18,41H2,1,4H3/t19-,23+,24+,25?,26+,27+,28?,29?,30?,31+,32-,33+,34-,35?,36?,37+,38-,39+,40+/m1/s1. The first-order chi connectivity index (χ1) is 25.1. The van der Waals surface area contributed by atoms with Crippen molar-refractivity contribution < 1.29 is 52.5 Å². The summed E-state index contributed by atoms with van der Waals surface area (Å²) < 4.78 is 60.0. The lowest BCUT2D eigenvalue weighted by atomic mass is 9.81. The third-order valence-corrected chi connectivity index (χ3v) is 14.0. The Morgan fingerprint density at radius 3 is 2.38 bits per heavy atom. The van der Waals surface area contributed by atoms with E-state index in [-0.39, 0.29) is 122 Å². The van der Waals surface area contributed by atoms with E-state index in [9.17, 15) is 9.90 Å². The van der Waals surface area contributed by atoms with Crippen LogP contribution in [0.3, 0.4) is 0 Å². The van der Waals surface area contributed by atoms with Crippen molar-refractivity contribution in [2.45, 2.75) is 194 Å². The summed E-state index contributed by atoms with van der Waals surface area (Å²) in [6.07, 6.45) is 4.85. The summed E-state index contributed by atoms with van der Waals surface area (Å²) in [4.78, 5) is 14.1. The van der Waals surface area contributed by atoms with Crippen molar-refractivity contribution in [1.29, 1.82) is 0 Å². The normalized spacial score (nSPS) is 52.4. The van der Waals surface area contributed by atoms with Gasteiger partial charge >= 0.3 is 0 Å². The zero-order chi connectivity index (χ0) is 35.9. The van der Waals surface area contributed by atoms with E-state index in [1.807, 2.05) is 0 Å². The Kier molecular flexibility index (Phi) is 10.0. The molecule has 10 aliphatic rings. The highest BCUT2D eigenvalue weighted by molar-refractivity contribution is 5.79. The van der Waals surface area contributed by atoms with E-state index in [0.29, 0.717) is 25.7 Å². The summed E-state index contributed by atoms with van der Waals surface area (Å²) in [5.74, 6) is -0.619. The molecule has 1 spiro atoms. The zero-order valence-corrected chi connectivity index (χ0v) is 30.8. The molecular weight excluding hydrogens is 670 g/mol. The Morgan fingerprint density at radius 1 is 0.808 bits per heavy atom. The first-order valence-corrected chi connectivity index (χ1v) is 20.2. The monoisotopic (exact) mass is 729 g/mol. The van der Waals surface area contributed by atoms with E-state index in [0.717, 1.165) is 56.1 Å². The topological polar surface area (TPSA) is 146 Å². The van der Waals surface area contributed by atoms with Crippen molar-refractivity contribution in [3.8, 4) is 0 Å². The molecule has 0 aliphatic carbocycles. The predicted octanol–water partition coefficient (Wildman–Crippen LogP) is 3.44. The lowest BCUT2D eigenvalue weighted by Crippen LogP contribution is -2.61. The van der Waals surface area contributed by atoms with Crippen LogP contribution in [0.4, 0.5) is 0 Å². The number of aliphatic hydroxyl groups excluding tert-OH is 1. The Hall–Kier alpha value is -1.29. The highest BCUT2D eigenvalue weighted by atomic mass is 16.8. The van der Waals surface area contributed by atoms with Gasteiger partial charge in [0.1, 0.15) is 36.3 Å². The van der Waals surface area contributed by atoms with Gasteiger partial charge in [-0.05, 0) is 62.0 Å². The number of rotatable bonds is 4. The summed E-state index contributed by atoms with van der Waals surface area (Å²) in [7, 11) is 1.66. The molecule has 3 N–H and O–H groups in total. The highest BCUT2D eigenvalue weighted by Crippen LogP contribution is 2.54. The summed E-state index contributed by atoms with van der Waals surface area (Å²) in [6.45, 7) is 11.3. The lowest BCUT2D eigenvalue weighted by Gasteiger charge is -2.47. The highest BCUT2D eigenvalue weighted by Gasteiger charge is 2.68. The number of hydrogen-bond donors (Lipinski definition) is 2. The van der Waals surface area contributed by atoms with Crippen molar-refractivity contribution >= 4 is 5.78 Å². The molecule has 52 heavy (non-hydrogen) atoms. The molecule has 0 aromatic rings.